The summed E-state index contributed by atoms with van der Waals surface area (Å²) in [6, 6.07) is 8.22. The predicted molar refractivity (Wildman–Crippen MR) is 105 cm³/mol. The molecule has 1 aromatic carbocycles. The molecule has 1 heterocycles. The summed E-state index contributed by atoms with van der Waals surface area (Å²) in [7, 11) is 0. The standard InChI is InChI=1S/C16H25N3OS.2ClH/c1-13(17)5-6-16(20)18-15-4-2-3-14(11-15)12-19-7-9-21-10-8-19;;/h2-4,11,13H,5-10,12,17H2,1H3,(H,18,20);2*1H. The number of benzene rings is 1. The van der Waals surface area contributed by atoms with Crippen molar-refractivity contribution < 1.29 is 4.79 Å². The number of carbonyl (C=O) groups is 1. The van der Waals surface area contributed by atoms with E-state index in [1.807, 2.05) is 30.8 Å². The van der Waals surface area contributed by atoms with Gasteiger partial charge < -0.3 is 11.1 Å². The van der Waals surface area contributed by atoms with Crippen molar-refractivity contribution in [1.29, 1.82) is 0 Å². The molecule has 132 valence electrons. The summed E-state index contributed by atoms with van der Waals surface area (Å²) in [6.45, 7) is 5.18. The molecule has 2 rings (SSSR count). The van der Waals surface area contributed by atoms with Gasteiger partial charge in [0.15, 0.2) is 0 Å². The van der Waals surface area contributed by atoms with Crippen LogP contribution in [0.3, 0.4) is 0 Å². The summed E-state index contributed by atoms with van der Waals surface area (Å²) in [6.07, 6.45) is 1.20. The van der Waals surface area contributed by atoms with Gasteiger partial charge in [0, 0.05) is 49.3 Å². The Morgan fingerprint density at radius 1 is 1.35 bits per heavy atom. The van der Waals surface area contributed by atoms with Crippen molar-refractivity contribution in [3.05, 3.63) is 29.8 Å². The third-order valence-corrected chi connectivity index (χ3v) is 4.49. The largest absolute Gasteiger partial charge is 0.328 e. The molecule has 0 aliphatic carbocycles. The molecule has 0 bridgehead atoms. The van der Waals surface area contributed by atoms with Crippen LogP contribution in [0.25, 0.3) is 0 Å². The molecule has 0 saturated carbocycles. The van der Waals surface area contributed by atoms with E-state index in [0.29, 0.717) is 6.42 Å². The highest BCUT2D eigenvalue weighted by atomic mass is 35.5. The number of thioether (sulfide) groups is 1. The van der Waals surface area contributed by atoms with Gasteiger partial charge in [0.05, 0.1) is 0 Å². The number of carbonyl (C=O) groups excluding carboxylic acids is 1. The van der Waals surface area contributed by atoms with E-state index in [9.17, 15) is 4.79 Å². The van der Waals surface area contributed by atoms with Crippen LogP contribution in [0.2, 0.25) is 0 Å². The van der Waals surface area contributed by atoms with Gasteiger partial charge in [-0.05, 0) is 31.0 Å². The van der Waals surface area contributed by atoms with Gasteiger partial charge in [-0.15, -0.1) is 24.8 Å². The second kappa shape index (κ2) is 12.0. The number of nitrogens with zero attached hydrogens (tertiary/aromatic N) is 1. The maximum atomic E-state index is 11.8. The van der Waals surface area contributed by atoms with Crippen LogP contribution in [0.15, 0.2) is 24.3 Å². The number of nitrogens with two attached hydrogens (primary N) is 1. The lowest BCUT2D eigenvalue weighted by molar-refractivity contribution is -0.116. The zero-order valence-corrected chi connectivity index (χ0v) is 15.9. The summed E-state index contributed by atoms with van der Waals surface area (Å²) in [5.41, 5.74) is 7.81. The Balaban J connectivity index is 0.00000242. The number of rotatable bonds is 6. The Kier molecular flexibility index (Phi) is 11.7. The quantitative estimate of drug-likeness (QED) is 0.796. The molecule has 23 heavy (non-hydrogen) atoms. The Morgan fingerprint density at radius 3 is 2.70 bits per heavy atom. The van der Waals surface area contributed by atoms with Crippen molar-refractivity contribution in [2.45, 2.75) is 32.4 Å². The number of anilines is 1. The van der Waals surface area contributed by atoms with Crippen molar-refractivity contribution in [2.75, 3.05) is 29.9 Å². The normalized spacial score (nSPS) is 15.9. The average Bonchev–Trinajstić information content (AvgIpc) is 2.46. The molecule has 1 amide bonds. The molecule has 0 spiro atoms. The molecule has 1 aliphatic heterocycles. The minimum absolute atomic E-state index is 0. The Morgan fingerprint density at radius 2 is 2.04 bits per heavy atom. The minimum Gasteiger partial charge on any atom is -0.328 e. The Labute approximate surface area is 155 Å². The van der Waals surface area contributed by atoms with E-state index in [2.05, 4.69) is 22.3 Å². The fourth-order valence-corrected chi connectivity index (χ4v) is 3.33. The van der Waals surface area contributed by atoms with Gasteiger partial charge in [0.25, 0.3) is 0 Å². The molecule has 4 nitrogen and oxygen atoms in total. The van der Waals surface area contributed by atoms with Gasteiger partial charge in [-0.2, -0.15) is 11.8 Å². The first-order valence-electron chi connectivity index (χ1n) is 7.58. The first kappa shape index (κ1) is 22.5. The van der Waals surface area contributed by atoms with Crippen molar-refractivity contribution in [3.8, 4) is 0 Å². The number of halogens is 2. The SMILES string of the molecule is CC(N)CCC(=O)Nc1cccc(CN2CCSCC2)c1.Cl.Cl. The van der Waals surface area contributed by atoms with E-state index in [1.165, 1.54) is 17.1 Å². The van der Waals surface area contributed by atoms with Crippen molar-refractivity contribution >= 4 is 48.2 Å². The molecule has 7 heteroatoms. The first-order valence-corrected chi connectivity index (χ1v) is 8.73. The highest BCUT2D eigenvalue weighted by Gasteiger charge is 2.11. The summed E-state index contributed by atoms with van der Waals surface area (Å²) in [4.78, 5) is 14.3. The van der Waals surface area contributed by atoms with Gasteiger partial charge in [-0.3, -0.25) is 9.69 Å². The average molecular weight is 380 g/mol. The maximum Gasteiger partial charge on any atom is 0.224 e. The van der Waals surface area contributed by atoms with Crippen molar-refractivity contribution in [1.82, 2.24) is 4.90 Å². The Bertz CT molecular complexity index is 468. The van der Waals surface area contributed by atoms with Gasteiger partial charge in [-0.1, -0.05) is 12.1 Å². The maximum absolute atomic E-state index is 11.8. The molecule has 1 fully saturated rings. The van der Waals surface area contributed by atoms with E-state index in [1.54, 1.807) is 0 Å². The number of amides is 1. The molecule has 0 radical (unpaired) electrons. The zero-order chi connectivity index (χ0) is 15.1. The van der Waals surface area contributed by atoms with E-state index in [0.717, 1.165) is 31.7 Å². The molecule has 3 N–H and O–H groups in total. The Hall–Kier alpha value is -0.460. The van der Waals surface area contributed by atoms with Crippen LogP contribution in [0, 0.1) is 0 Å². The highest BCUT2D eigenvalue weighted by molar-refractivity contribution is 7.99. The second-order valence-corrected chi connectivity index (χ2v) is 6.88. The molecule has 1 aliphatic rings. The van der Waals surface area contributed by atoms with Crippen molar-refractivity contribution in [3.63, 3.8) is 0 Å². The summed E-state index contributed by atoms with van der Waals surface area (Å²) >= 11 is 2.02. The van der Waals surface area contributed by atoms with Gasteiger partial charge in [0.2, 0.25) is 5.91 Å². The molecule has 1 unspecified atom stereocenters. The van der Waals surface area contributed by atoms with Crippen LogP contribution < -0.4 is 11.1 Å². The van der Waals surface area contributed by atoms with Gasteiger partial charge in [0.1, 0.15) is 0 Å². The topological polar surface area (TPSA) is 58.4 Å². The zero-order valence-electron chi connectivity index (χ0n) is 13.5. The van der Waals surface area contributed by atoms with E-state index in [4.69, 9.17) is 5.73 Å². The van der Waals surface area contributed by atoms with Crippen LogP contribution in [0.1, 0.15) is 25.3 Å². The number of hydrogen-bond donors (Lipinski definition) is 2. The second-order valence-electron chi connectivity index (χ2n) is 5.65. The summed E-state index contributed by atoms with van der Waals surface area (Å²) in [5, 5.41) is 2.96. The third kappa shape index (κ3) is 8.82. The van der Waals surface area contributed by atoms with Crippen LogP contribution in [0.4, 0.5) is 5.69 Å². The molecule has 1 atom stereocenters. The lowest BCUT2D eigenvalue weighted by atomic mass is 10.1. The fourth-order valence-electron chi connectivity index (χ4n) is 2.35. The smallest absolute Gasteiger partial charge is 0.224 e. The number of nitrogens with one attached hydrogen (secondary N) is 1. The van der Waals surface area contributed by atoms with E-state index in [-0.39, 0.29) is 36.8 Å². The molecular formula is C16H27Cl2N3OS. The van der Waals surface area contributed by atoms with Gasteiger partial charge in [-0.25, -0.2) is 0 Å². The van der Waals surface area contributed by atoms with Crippen LogP contribution in [0.5, 0.6) is 0 Å². The summed E-state index contributed by atoms with van der Waals surface area (Å²) < 4.78 is 0. The monoisotopic (exact) mass is 379 g/mol. The third-order valence-electron chi connectivity index (χ3n) is 3.55. The lowest BCUT2D eigenvalue weighted by Gasteiger charge is -2.26. The van der Waals surface area contributed by atoms with Crippen molar-refractivity contribution in [2.24, 2.45) is 5.73 Å². The predicted octanol–water partition coefficient (Wildman–Crippen LogP) is 3.14. The van der Waals surface area contributed by atoms with Gasteiger partial charge >= 0.3 is 0 Å². The molecular weight excluding hydrogens is 353 g/mol. The molecule has 0 aromatic heterocycles. The first-order chi connectivity index (χ1) is 10.1. The van der Waals surface area contributed by atoms with Crippen LogP contribution >= 0.6 is 36.6 Å². The summed E-state index contributed by atoms with van der Waals surface area (Å²) in [5.74, 6) is 2.47. The molecule has 1 aromatic rings. The lowest BCUT2D eigenvalue weighted by Crippen LogP contribution is -2.31. The number of hydrogen-bond acceptors (Lipinski definition) is 4. The van der Waals surface area contributed by atoms with E-state index < -0.39 is 0 Å². The molecule has 1 saturated heterocycles. The fraction of sp³-hybridized carbons (Fsp3) is 0.562. The highest BCUT2D eigenvalue weighted by Crippen LogP contribution is 2.16. The minimum atomic E-state index is 0. The van der Waals surface area contributed by atoms with E-state index >= 15 is 0 Å². The van der Waals surface area contributed by atoms with Crippen LogP contribution in [-0.4, -0.2) is 41.4 Å². The van der Waals surface area contributed by atoms with Crippen LogP contribution in [-0.2, 0) is 11.3 Å².